The Hall–Kier alpha value is -1.71. The highest BCUT2D eigenvalue weighted by atomic mass is 19.1. The fraction of sp³-hybridized carbons (Fsp3) is 0.200. The van der Waals surface area contributed by atoms with Gasteiger partial charge in [-0.15, -0.1) is 0 Å². The van der Waals surface area contributed by atoms with Gasteiger partial charge in [-0.1, -0.05) is 42.0 Å². The summed E-state index contributed by atoms with van der Waals surface area (Å²) in [5.41, 5.74) is 8.55. The van der Waals surface area contributed by atoms with Crippen molar-refractivity contribution in [2.75, 3.05) is 0 Å². The average Bonchev–Trinajstić information content (AvgIpc) is 2.38. The number of aliphatic hydroxyl groups excluding tert-OH is 1. The van der Waals surface area contributed by atoms with Gasteiger partial charge in [-0.2, -0.15) is 0 Å². The third-order valence-corrected chi connectivity index (χ3v) is 2.98. The van der Waals surface area contributed by atoms with Crippen molar-refractivity contribution in [3.8, 4) is 0 Å². The van der Waals surface area contributed by atoms with E-state index in [1.54, 1.807) is 12.1 Å². The maximum Gasteiger partial charge on any atom is 0.123 e. The molecule has 0 saturated carbocycles. The Labute approximate surface area is 106 Å². The molecule has 0 aromatic heterocycles. The van der Waals surface area contributed by atoms with E-state index >= 15 is 0 Å². The molecule has 3 heteroatoms. The lowest BCUT2D eigenvalue weighted by molar-refractivity contribution is 0.147. The minimum atomic E-state index is -0.796. The largest absolute Gasteiger partial charge is 0.386 e. The van der Waals surface area contributed by atoms with Gasteiger partial charge in [0.15, 0.2) is 0 Å². The van der Waals surface area contributed by atoms with Gasteiger partial charge < -0.3 is 10.8 Å². The summed E-state index contributed by atoms with van der Waals surface area (Å²) >= 11 is 0. The van der Waals surface area contributed by atoms with Crippen LogP contribution >= 0.6 is 0 Å². The van der Waals surface area contributed by atoms with Crippen molar-refractivity contribution in [2.24, 2.45) is 5.73 Å². The van der Waals surface area contributed by atoms with Gasteiger partial charge in [-0.25, -0.2) is 4.39 Å². The molecule has 2 rings (SSSR count). The Balaban J connectivity index is 2.23. The lowest BCUT2D eigenvalue weighted by atomic mass is 9.96. The van der Waals surface area contributed by atoms with Gasteiger partial charge in [0.05, 0.1) is 12.1 Å². The summed E-state index contributed by atoms with van der Waals surface area (Å²) < 4.78 is 12.8. The number of nitrogens with two attached hydrogens (primary N) is 1. The van der Waals surface area contributed by atoms with E-state index in [2.05, 4.69) is 0 Å². The van der Waals surface area contributed by atoms with E-state index in [1.807, 2.05) is 31.2 Å². The molecule has 0 spiro atoms. The zero-order valence-electron chi connectivity index (χ0n) is 10.2. The zero-order chi connectivity index (χ0) is 13.1. The van der Waals surface area contributed by atoms with Crippen LogP contribution < -0.4 is 5.73 Å². The van der Waals surface area contributed by atoms with E-state index in [-0.39, 0.29) is 5.82 Å². The first kappa shape index (κ1) is 12.7. The first-order valence-corrected chi connectivity index (χ1v) is 5.83. The lowest BCUT2D eigenvalue weighted by Gasteiger charge is -2.20. The number of hydrogen-bond donors (Lipinski definition) is 2. The molecule has 2 aromatic carbocycles. The smallest absolute Gasteiger partial charge is 0.123 e. The summed E-state index contributed by atoms with van der Waals surface area (Å²) in [4.78, 5) is 0. The van der Waals surface area contributed by atoms with Crippen LogP contribution in [0.3, 0.4) is 0 Å². The molecule has 2 atom stereocenters. The normalized spacial score (nSPS) is 14.2. The van der Waals surface area contributed by atoms with Crippen LogP contribution in [0.4, 0.5) is 4.39 Å². The van der Waals surface area contributed by atoms with Gasteiger partial charge >= 0.3 is 0 Å². The standard InChI is InChI=1S/C15H16FNO/c1-10-3-2-4-12(9-10)15(18)14(17)11-5-7-13(16)8-6-11/h2-9,14-15,18H,17H2,1H3. The van der Waals surface area contributed by atoms with Gasteiger partial charge in [-0.3, -0.25) is 0 Å². The average molecular weight is 245 g/mol. The summed E-state index contributed by atoms with van der Waals surface area (Å²) in [6, 6.07) is 12.9. The molecule has 0 aliphatic heterocycles. The van der Waals surface area contributed by atoms with E-state index in [0.717, 1.165) is 11.1 Å². The minimum absolute atomic E-state index is 0.309. The molecule has 3 N–H and O–H groups in total. The monoisotopic (exact) mass is 245 g/mol. The first-order chi connectivity index (χ1) is 8.58. The quantitative estimate of drug-likeness (QED) is 0.873. The van der Waals surface area contributed by atoms with E-state index in [4.69, 9.17) is 5.73 Å². The topological polar surface area (TPSA) is 46.2 Å². The highest BCUT2D eigenvalue weighted by molar-refractivity contribution is 5.28. The third-order valence-electron chi connectivity index (χ3n) is 2.98. The summed E-state index contributed by atoms with van der Waals surface area (Å²) in [7, 11) is 0. The Bertz CT molecular complexity index is 524. The van der Waals surface area contributed by atoms with Crippen molar-refractivity contribution in [3.63, 3.8) is 0 Å². The van der Waals surface area contributed by atoms with Crippen LogP contribution in [0.15, 0.2) is 48.5 Å². The van der Waals surface area contributed by atoms with Crippen LogP contribution in [0.1, 0.15) is 28.8 Å². The number of rotatable bonds is 3. The maximum absolute atomic E-state index is 12.8. The fourth-order valence-corrected chi connectivity index (χ4v) is 1.93. The first-order valence-electron chi connectivity index (χ1n) is 5.83. The Morgan fingerprint density at radius 3 is 2.33 bits per heavy atom. The number of aryl methyl sites for hydroxylation is 1. The molecule has 0 aliphatic rings. The van der Waals surface area contributed by atoms with Crippen LogP contribution in [0, 0.1) is 12.7 Å². The van der Waals surface area contributed by atoms with E-state index < -0.39 is 12.1 Å². The molecule has 0 saturated heterocycles. The van der Waals surface area contributed by atoms with Gasteiger partial charge in [0.1, 0.15) is 5.82 Å². The molecule has 0 heterocycles. The summed E-state index contributed by atoms with van der Waals surface area (Å²) in [6.45, 7) is 1.96. The molecular weight excluding hydrogens is 229 g/mol. The van der Waals surface area contributed by atoms with Crippen LogP contribution in [0.2, 0.25) is 0 Å². The molecule has 0 fully saturated rings. The molecule has 2 aromatic rings. The van der Waals surface area contributed by atoms with Gasteiger partial charge in [0, 0.05) is 0 Å². The fourth-order valence-electron chi connectivity index (χ4n) is 1.93. The van der Waals surface area contributed by atoms with E-state index in [9.17, 15) is 9.50 Å². The van der Waals surface area contributed by atoms with Gasteiger partial charge in [0.25, 0.3) is 0 Å². The second-order valence-corrected chi connectivity index (χ2v) is 4.44. The lowest BCUT2D eigenvalue weighted by Crippen LogP contribution is -2.19. The maximum atomic E-state index is 12.8. The van der Waals surface area contributed by atoms with E-state index in [0.29, 0.717) is 5.56 Å². The molecule has 0 amide bonds. The van der Waals surface area contributed by atoms with Crippen molar-refractivity contribution < 1.29 is 9.50 Å². The van der Waals surface area contributed by atoms with E-state index in [1.165, 1.54) is 12.1 Å². The predicted octanol–water partition coefficient (Wildman–Crippen LogP) is 2.87. The summed E-state index contributed by atoms with van der Waals surface area (Å²) in [5.74, 6) is -0.309. The minimum Gasteiger partial charge on any atom is -0.386 e. The molecule has 94 valence electrons. The van der Waals surface area contributed by atoms with Gasteiger partial charge in [0.2, 0.25) is 0 Å². The SMILES string of the molecule is Cc1cccc(C(O)C(N)c2ccc(F)cc2)c1. The van der Waals surface area contributed by atoms with Crippen molar-refractivity contribution >= 4 is 0 Å². The Morgan fingerprint density at radius 2 is 1.72 bits per heavy atom. The van der Waals surface area contributed by atoms with Crippen LogP contribution in [-0.2, 0) is 0 Å². The van der Waals surface area contributed by atoms with Crippen LogP contribution in [0.5, 0.6) is 0 Å². The molecule has 0 bridgehead atoms. The number of hydrogen-bond acceptors (Lipinski definition) is 2. The molecule has 18 heavy (non-hydrogen) atoms. The number of benzene rings is 2. The van der Waals surface area contributed by atoms with Gasteiger partial charge in [-0.05, 0) is 30.2 Å². The Kier molecular flexibility index (Phi) is 3.75. The van der Waals surface area contributed by atoms with Crippen molar-refractivity contribution in [2.45, 2.75) is 19.1 Å². The second-order valence-electron chi connectivity index (χ2n) is 4.44. The summed E-state index contributed by atoms with van der Waals surface area (Å²) in [5, 5.41) is 10.2. The molecule has 2 nitrogen and oxygen atoms in total. The predicted molar refractivity (Wildman–Crippen MR) is 69.5 cm³/mol. The van der Waals surface area contributed by atoms with Crippen molar-refractivity contribution in [3.05, 3.63) is 71.0 Å². The highest BCUT2D eigenvalue weighted by Crippen LogP contribution is 2.27. The van der Waals surface area contributed by atoms with Crippen molar-refractivity contribution in [1.29, 1.82) is 0 Å². The summed E-state index contributed by atoms with van der Waals surface area (Å²) in [6.07, 6.45) is -0.796. The van der Waals surface area contributed by atoms with Crippen LogP contribution in [0.25, 0.3) is 0 Å². The number of halogens is 1. The molecule has 2 unspecified atom stereocenters. The number of aliphatic hydroxyl groups is 1. The van der Waals surface area contributed by atoms with Crippen molar-refractivity contribution in [1.82, 2.24) is 0 Å². The molecule has 0 aliphatic carbocycles. The highest BCUT2D eigenvalue weighted by Gasteiger charge is 2.18. The molecular formula is C15H16FNO. The molecule has 0 radical (unpaired) electrons. The third kappa shape index (κ3) is 2.75. The Morgan fingerprint density at radius 1 is 1.06 bits per heavy atom. The zero-order valence-corrected chi connectivity index (χ0v) is 10.2. The second kappa shape index (κ2) is 5.29. The van der Waals surface area contributed by atoms with Crippen LogP contribution in [-0.4, -0.2) is 5.11 Å².